The van der Waals surface area contributed by atoms with Gasteiger partial charge in [0.2, 0.25) is 5.95 Å². The van der Waals surface area contributed by atoms with E-state index in [2.05, 4.69) is 32.2 Å². The number of nitrogens with one attached hydrogen (secondary N) is 1. The smallest absolute Gasteiger partial charge is 0.229 e. The van der Waals surface area contributed by atoms with Crippen molar-refractivity contribution in [3.8, 4) is 11.3 Å². The first-order valence-corrected chi connectivity index (χ1v) is 10.5. The zero-order valence-electron chi connectivity index (χ0n) is 17.5. The minimum absolute atomic E-state index is 0.104. The Morgan fingerprint density at radius 3 is 2.66 bits per heavy atom. The molecule has 0 saturated carbocycles. The van der Waals surface area contributed by atoms with Crippen LogP contribution in [0.3, 0.4) is 0 Å². The van der Waals surface area contributed by atoms with Crippen LogP contribution in [-0.2, 0) is 0 Å². The third-order valence-electron chi connectivity index (χ3n) is 5.68. The number of hydrogen-bond donors (Lipinski definition) is 2. The van der Waals surface area contributed by atoms with Crippen LogP contribution in [0.2, 0.25) is 0 Å². The first-order chi connectivity index (χ1) is 15.5. The minimum Gasteiger partial charge on any atom is -0.368 e. The van der Waals surface area contributed by atoms with Crippen LogP contribution in [0, 0.1) is 17.6 Å². The van der Waals surface area contributed by atoms with Gasteiger partial charge in [-0.05, 0) is 42.7 Å². The summed E-state index contributed by atoms with van der Waals surface area (Å²) in [6, 6.07) is 9.10. The lowest BCUT2D eigenvalue weighted by Gasteiger charge is -2.37. The Labute approximate surface area is 183 Å². The molecule has 3 N–H and O–H groups in total. The van der Waals surface area contributed by atoms with Crippen molar-refractivity contribution in [1.82, 2.24) is 19.6 Å². The van der Waals surface area contributed by atoms with Crippen molar-refractivity contribution in [2.75, 3.05) is 23.3 Å². The summed E-state index contributed by atoms with van der Waals surface area (Å²) in [4.78, 5) is 10.9. The fraction of sp³-hybridized carbons (Fsp3) is 0.261. The number of imidazole rings is 1. The van der Waals surface area contributed by atoms with Gasteiger partial charge >= 0.3 is 0 Å². The van der Waals surface area contributed by atoms with Crippen LogP contribution < -0.4 is 16.0 Å². The molecular weight excluding hydrogens is 412 g/mol. The Kier molecular flexibility index (Phi) is 5.18. The minimum atomic E-state index is -0.670. The van der Waals surface area contributed by atoms with Gasteiger partial charge in [-0.15, -0.1) is 0 Å². The van der Waals surface area contributed by atoms with Crippen molar-refractivity contribution in [2.45, 2.75) is 19.4 Å². The molecule has 1 aliphatic heterocycles. The van der Waals surface area contributed by atoms with Gasteiger partial charge in [0.05, 0.1) is 40.5 Å². The van der Waals surface area contributed by atoms with Crippen LogP contribution >= 0.6 is 0 Å². The number of fused-ring (bicyclic) bond motifs is 1. The molecule has 4 aromatic rings. The maximum atomic E-state index is 14.3. The van der Waals surface area contributed by atoms with Crippen molar-refractivity contribution in [1.29, 1.82) is 0 Å². The van der Waals surface area contributed by atoms with E-state index in [1.54, 1.807) is 30.7 Å². The summed E-state index contributed by atoms with van der Waals surface area (Å²) in [6.07, 6.45) is 6.11. The molecule has 1 fully saturated rings. The van der Waals surface area contributed by atoms with Gasteiger partial charge in [-0.3, -0.25) is 4.98 Å². The molecule has 0 bridgehead atoms. The number of halogens is 2. The van der Waals surface area contributed by atoms with Crippen LogP contribution in [0.5, 0.6) is 0 Å². The lowest BCUT2D eigenvalue weighted by Crippen LogP contribution is -2.46. The van der Waals surface area contributed by atoms with Crippen molar-refractivity contribution >= 4 is 22.8 Å². The van der Waals surface area contributed by atoms with Crippen LogP contribution in [0.4, 0.5) is 26.1 Å². The second-order valence-corrected chi connectivity index (χ2v) is 8.26. The molecule has 164 valence electrons. The molecule has 7 nitrogen and oxygen atoms in total. The van der Waals surface area contributed by atoms with E-state index in [1.165, 1.54) is 22.7 Å². The maximum absolute atomic E-state index is 14.3. The number of nitrogens with zero attached hydrogens (tertiary/aromatic N) is 5. The van der Waals surface area contributed by atoms with Crippen LogP contribution in [0.15, 0.2) is 55.0 Å². The molecular formula is C23H23F2N7. The molecule has 1 aromatic carbocycles. The van der Waals surface area contributed by atoms with Gasteiger partial charge in [-0.2, -0.15) is 9.61 Å². The van der Waals surface area contributed by atoms with Crippen LogP contribution in [0.1, 0.15) is 13.3 Å². The number of hydrogen-bond acceptors (Lipinski definition) is 6. The van der Waals surface area contributed by atoms with E-state index >= 15 is 0 Å². The second-order valence-electron chi connectivity index (χ2n) is 8.26. The standard InChI is InChI=1S/C23H23F2N7/c1-14-9-15(26)13-31(12-14)21-7-8-27-11-20(21)29-23-28-10-16-5-6-19(30-32(16)23)22-17(24)3-2-4-18(22)25/h2-8,10-11,14-15H,9,12-13,26H2,1H3,(H,28,29). The van der Waals surface area contributed by atoms with Gasteiger partial charge in [0.15, 0.2) is 0 Å². The van der Waals surface area contributed by atoms with E-state index < -0.39 is 11.6 Å². The number of pyridine rings is 1. The summed E-state index contributed by atoms with van der Waals surface area (Å²) in [5, 5.41) is 7.73. The number of aromatic nitrogens is 4. The molecule has 2 unspecified atom stereocenters. The quantitative estimate of drug-likeness (QED) is 0.504. The van der Waals surface area contributed by atoms with Gasteiger partial charge < -0.3 is 16.0 Å². The highest BCUT2D eigenvalue weighted by atomic mass is 19.1. The molecule has 0 aliphatic carbocycles. The van der Waals surface area contributed by atoms with Crippen LogP contribution in [-0.4, -0.2) is 38.7 Å². The third-order valence-corrected chi connectivity index (χ3v) is 5.68. The van der Waals surface area contributed by atoms with Crippen molar-refractivity contribution in [3.05, 3.63) is 66.6 Å². The Hall–Kier alpha value is -3.59. The summed E-state index contributed by atoms with van der Waals surface area (Å²) in [5.41, 5.74) is 8.66. The second kappa shape index (κ2) is 8.16. The van der Waals surface area contributed by atoms with Crippen molar-refractivity contribution < 1.29 is 8.78 Å². The van der Waals surface area contributed by atoms with E-state index in [0.29, 0.717) is 17.4 Å². The third kappa shape index (κ3) is 3.75. The highest BCUT2D eigenvalue weighted by Gasteiger charge is 2.24. The average molecular weight is 435 g/mol. The first-order valence-electron chi connectivity index (χ1n) is 10.5. The number of anilines is 3. The van der Waals surface area contributed by atoms with Gasteiger partial charge in [-0.25, -0.2) is 13.8 Å². The predicted molar refractivity (Wildman–Crippen MR) is 120 cm³/mol. The summed E-state index contributed by atoms with van der Waals surface area (Å²) < 4.78 is 30.1. The number of piperidine rings is 1. The fourth-order valence-corrected chi connectivity index (χ4v) is 4.32. The number of benzene rings is 1. The average Bonchev–Trinajstić information content (AvgIpc) is 3.15. The highest BCUT2D eigenvalue weighted by Crippen LogP contribution is 2.31. The van der Waals surface area contributed by atoms with E-state index in [4.69, 9.17) is 5.73 Å². The maximum Gasteiger partial charge on any atom is 0.229 e. The van der Waals surface area contributed by atoms with E-state index in [9.17, 15) is 8.78 Å². The zero-order valence-corrected chi connectivity index (χ0v) is 17.5. The molecule has 32 heavy (non-hydrogen) atoms. The fourth-order valence-electron chi connectivity index (χ4n) is 4.32. The Morgan fingerprint density at radius 1 is 1.06 bits per heavy atom. The molecule has 2 atom stereocenters. The summed E-state index contributed by atoms with van der Waals surface area (Å²) in [6.45, 7) is 3.83. The molecule has 9 heteroatoms. The number of nitrogens with two attached hydrogens (primary N) is 1. The zero-order chi connectivity index (χ0) is 22.2. The van der Waals surface area contributed by atoms with Gasteiger partial charge in [0.25, 0.3) is 0 Å². The molecule has 0 spiro atoms. The van der Waals surface area contributed by atoms with Crippen molar-refractivity contribution in [2.24, 2.45) is 11.7 Å². The molecule has 5 rings (SSSR count). The Morgan fingerprint density at radius 2 is 1.88 bits per heavy atom. The SMILES string of the molecule is CC1CC(N)CN(c2ccncc2Nc2ncc3ccc(-c4c(F)cccc4F)nn23)C1. The summed E-state index contributed by atoms with van der Waals surface area (Å²) in [5.74, 6) is -0.442. The number of rotatable bonds is 4. The monoisotopic (exact) mass is 435 g/mol. The van der Waals surface area contributed by atoms with Crippen molar-refractivity contribution in [3.63, 3.8) is 0 Å². The molecule has 0 radical (unpaired) electrons. The van der Waals surface area contributed by atoms with Gasteiger partial charge in [0, 0.05) is 25.3 Å². The van der Waals surface area contributed by atoms with E-state index in [0.717, 1.165) is 30.9 Å². The molecule has 1 saturated heterocycles. The normalized spacial score (nSPS) is 18.8. The van der Waals surface area contributed by atoms with Gasteiger partial charge in [0.1, 0.15) is 11.6 Å². The molecule has 4 heterocycles. The molecule has 0 amide bonds. The Bertz CT molecular complexity index is 1240. The lowest BCUT2D eigenvalue weighted by atomic mass is 9.96. The molecule has 3 aromatic heterocycles. The largest absolute Gasteiger partial charge is 0.368 e. The van der Waals surface area contributed by atoms with E-state index in [1.807, 2.05) is 6.07 Å². The van der Waals surface area contributed by atoms with Crippen LogP contribution in [0.25, 0.3) is 16.8 Å². The summed E-state index contributed by atoms with van der Waals surface area (Å²) >= 11 is 0. The summed E-state index contributed by atoms with van der Waals surface area (Å²) in [7, 11) is 0. The Balaban J connectivity index is 1.52. The predicted octanol–water partition coefficient (Wildman–Crippen LogP) is 3.99. The topological polar surface area (TPSA) is 84.4 Å². The lowest BCUT2D eigenvalue weighted by molar-refractivity contribution is 0.402. The van der Waals surface area contributed by atoms with E-state index in [-0.39, 0.29) is 17.3 Å². The highest BCUT2D eigenvalue weighted by molar-refractivity contribution is 5.74. The molecule has 1 aliphatic rings. The van der Waals surface area contributed by atoms with Gasteiger partial charge in [-0.1, -0.05) is 13.0 Å². The first kappa shape index (κ1) is 20.3.